The topological polar surface area (TPSA) is 57.7 Å². The highest BCUT2D eigenvalue weighted by molar-refractivity contribution is 7.91. The predicted molar refractivity (Wildman–Crippen MR) is 87.9 cm³/mol. The van der Waals surface area contributed by atoms with Gasteiger partial charge in [-0.2, -0.15) is 0 Å². The summed E-state index contributed by atoms with van der Waals surface area (Å²) in [5.41, 5.74) is 0.649. The Kier molecular flexibility index (Phi) is 5.45. The zero-order chi connectivity index (χ0) is 16.2. The number of amides is 1. The Bertz CT molecular complexity index is 628. The van der Waals surface area contributed by atoms with Crippen LogP contribution in [0.25, 0.3) is 0 Å². The van der Waals surface area contributed by atoms with Gasteiger partial charge in [-0.1, -0.05) is 26.0 Å². The number of nitrogens with zero attached hydrogens (tertiary/aromatic N) is 2. The minimum atomic E-state index is -3.30. The van der Waals surface area contributed by atoms with E-state index in [1.165, 1.54) is 0 Å². The molecule has 0 atom stereocenters. The molecule has 1 aliphatic rings. The summed E-state index contributed by atoms with van der Waals surface area (Å²) in [5.74, 6) is 0.136. The molecule has 1 aliphatic heterocycles. The number of para-hydroxylation sites is 1. The van der Waals surface area contributed by atoms with Gasteiger partial charge in [0, 0.05) is 19.6 Å². The standard InChI is InChI=1S/C16H24N2O3S/c1-3-10-17-11-7-12-18(13-16(17)19)14-8-5-6-9-15(14)22(20,21)4-2/h5-6,8-9H,3-4,7,10-13H2,1-2H3. The van der Waals surface area contributed by atoms with Gasteiger partial charge in [-0.3, -0.25) is 4.79 Å². The Labute approximate surface area is 132 Å². The van der Waals surface area contributed by atoms with E-state index in [0.717, 1.165) is 25.9 Å². The second-order valence-electron chi connectivity index (χ2n) is 5.53. The lowest BCUT2D eigenvalue weighted by atomic mass is 10.2. The summed E-state index contributed by atoms with van der Waals surface area (Å²) < 4.78 is 24.6. The van der Waals surface area contributed by atoms with Crippen LogP contribution in [0, 0.1) is 0 Å². The van der Waals surface area contributed by atoms with Gasteiger partial charge in [0.25, 0.3) is 0 Å². The number of anilines is 1. The second-order valence-corrected chi connectivity index (χ2v) is 7.77. The Morgan fingerprint density at radius 3 is 2.55 bits per heavy atom. The van der Waals surface area contributed by atoms with Crippen molar-refractivity contribution in [1.29, 1.82) is 0 Å². The monoisotopic (exact) mass is 324 g/mol. The van der Waals surface area contributed by atoms with Crippen molar-refractivity contribution in [3.05, 3.63) is 24.3 Å². The van der Waals surface area contributed by atoms with Crippen LogP contribution in [0.2, 0.25) is 0 Å². The first-order valence-electron chi connectivity index (χ1n) is 7.84. The summed E-state index contributed by atoms with van der Waals surface area (Å²) in [4.78, 5) is 16.5. The molecule has 1 heterocycles. The molecule has 22 heavy (non-hydrogen) atoms. The Morgan fingerprint density at radius 1 is 1.14 bits per heavy atom. The smallest absolute Gasteiger partial charge is 0.242 e. The third kappa shape index (κ3) is 3.61. The van der Waals surface area contributed by atoms with Crippen molar-refractivity contribution in [2.45, 2.75) is 31.6 Å². The minimum absolute atomic E-state index is 0.0633. The van der Waals surface area contributed by atoms with E-state index in [1.807, 2.05) is 15.9 Å². The van der Waals surface area contributed by atoms with Gasteiger partial charge in [-0.05, 0) is 25.0 Å². The molecule has 2 rings (SSSR count). The molecule has 0 spiro atoms. The molecule has 1 aromatic rings. The van der Waals surface area contributed by atoms with Gasteiger partial charge in [0.15, 0.2) is 9.84 Å². The minimum Gasteiger partial charge on any atom is -0.361 e. The van der Waals surface area contributed by atoms with Crippen molar-refractivity contribution in [1.82, 2.24) is 4.90 Å². The number of hydrogen-bond acceptors (Lipinski definition) is 4. The normalized spacial score (nSPS) is 16.7. The molecular formula is C16H24N2O3S. The largest absolute Gasteiger partial charge is 0.361 e. The van der Waals surface area contributed by atoms with Crippen molar-refractivity contribution in [3.63, 3.8) is 0 Å². The third-order valence-corrected chi connectivity index (χ3v) is 5.72. The van der Waals surface area contributed by atoms with Gasteiger partial charge in [0.2, 0.25) is 5.91 Å². The first-order chi connectivity index (χ1) is 10.5. The number of benzene rings is 1. The van der Waals surface area contributed by atoms with Gasteiger partial charge in [0.05, 0.1) is 22.9 Å². The highest BCUT2D eigenvalue weighted by Crippen LogP contribution is 2.27. The molecule has 1 amide bonds. The van der Waals surface area contributed by atoms with Crippen molar-refractivity contribution in [2.75, 3.05) is 36.8 Å². The van der Waals surface area contributed by atoms with Gasteiger partial charge < -0.3 is 9.80 Å². The molecule has 1 fully saturated rings. The lowest BCUT2D eigenvalue weighted by Gasteiger charge is -2.25. The quantitative estimate of drug-likeness (QED) is 0.830. The second kappa shape index (κ2) is 7.13. The zero-order valence-electron chi connectivity index (χ0n) is 13.3. The molecule has 0 unspecified atom stereocenters. The van der Waals surface area contributed by atoms with E-state index >= 15 is 0 Å². The number of hydrogen-bond donors (Lipinski definition) is 0. The van der Waals surface area contributed by atoms with Crippen molar-refractivity contribution in [2.24, 2.45) is 0 Å². The number of carbonyl (C=O) groups excluding carboxylic acids is 1. The molecule has 0 N–H and O–H groups in total. The average Bonchev–Trinajstić information content (AvgIpc) is 2.70. The summed E-state index contributed by atoms with van der Waals surface area (Å²) >= 11 is 0. The van der Waals surface area contributed by atoms with E-state index in [2.05, 4.69) is 6.92 Å². The fourth-order valence-corrected chi connectivity index (χ4v) is 3.88. The van der Waals surface area contributed by atoms with Gasteiger partial charge in [0.1, 0.15) is 0 Å². The molecule has 5 nitrogen and oxygen atoms in total. The highest BCUT2D eigenvalue weighted by Gasteiger charge is 2.25. The first-order valence-corrected chi connectivity index (χ1v) is 9.49. The molecule has 122 valence electrons. The molecular weight excluding hydrogens is 300 g/mol. The summed E-state index contributed by atoms with van der Waals surface area (Å²) in [6.45, 7) is 6.15. The fourth-order valence-electron chi connectivity index (χ4n) is 2.77. The fraction of sp³-hybridized carbons (Fsp3) is 0.562. The third-order valence-electron chi connectivity index (χ3n) is 3.95. The Balaban J connectivity index is 2.31. The lowest BCUT2D eigenvalue weighted by molar-refractivity contribution is -0.129. The molecule has 0 bridgehead atoms. The van der Waals surface area contributed by atoms with Crippen LogP contribution in [0.15, 0.2) is 29.2 Å². The summed E-state index contributed by atoms with van der Waals surface area (Å²) in [6.07, 6.45) is 1.79. The molecule has 1 saturated heterocycles. The maximum absolute atomic E-state index is 12.4. The van der Waals surface area contributed by atoms with E-state index in [1.54, 1.807) is 25.1 Å². The maximum Gasteiger partial charge on any atom is 0.242 e. The van der Waals surface area contributed by atoms with Gasteiger partial charge >= 0.3 is 0 Å². The van der Waals surface area contributed by atoms with Crippen LogP contribution >= 0.6 is 0 Å². The van der Waals surface area contributed by atoms with Crippen LogP contribution in [-0.2, 0) is 14.6 Å². The van der Waals surface area contributed by atoms with Crippen LogP contribution < -0.4 is 4.90 Å². The van der Waals surface area contributed by atoms with Gasteiger partial charge in [-0.15, -0.1) is 0 Å². The Hall–Kier alpha value is -1.56. The van der Waals surface area contributed by atoms with Gasteiger partial charge in [-0.25, -0.2) is 8.42 Å². The predicted octanol–water partition coefficient (Wildman–Crippen LogP) is 1.93. The number of carbonyl (C=O) groups is 1. The Morgan fingerprint density at radius 2 is 1.86 bits per heavy atom. The van der Waals surface area contributed by atoms with Crippen molar-refractivity contribution >= 4 is 21.4 Å². The van der Waals surface area contributed by atoms with E-state index < -0.39 is 9.84 Å². The first kappa shape index (κ1) is 16.8. The average molecular weight is 324 g/mol. The molecule has 0 saturated carbocycles. The molecule has 0 aromatic heterocycles. The lowest BCUT2D eigenvalue weighted by Crippen LogP contribution is -2.37. The summed E-state index contributed by atoms with van der Waals surface area (Å²) in [5, 5.41) is 0. The van der Waals surface area contributed by atoms with Crippen LogP contribution in [0.5, 0.6) is 0 Å². The zero-order valence-corrected chi connectivity index (χ0v) is 14.1. The molecule has 6 heteroatoms. The molecule has 1 aromatic carbocycles. The number of rotatable bonds is 5. The highest BCUT2D eigenvalue weighted by atomic mass is 32.2. The van der Waals surface area contributed by atoms with E-state index in [4.69, 9.17) is 0 Å². The number of sulfone groups is 1. The van der Waals surface area contributed by atoms with Crippen LogP contribution in [0.3, 0.4) is 0 Å². The van der Waals surface area contributed by atoms with E-state index in [-0.39, 0.29) is 18.2 Å². The SMILES string of the molecule is CCCN1CCCN(c2ccccc2S(=O)(=O)CC)CC1=O. The van der Waals surface area contributed by atoms with Crippen LogP contribution in [0.4, 0.5) is 5.69 Å². The summed E-state index contributed by atoms with van der Waals surface area (Å²) in [7, 11) is -3.30. The summed E-state index contributed by atoms with van der Waals surface area (Å²) in [6, 6.07) is 6.98. The van der Waals surface area contributed by atoms with Crippen molar-refractivity contribution in [3.8, 4) is 0 Å². The van der Waals surface area contributed by atoms with Crippen molar-refractivity contribution < 1.29 is 13.2 Å². The van der Waals surface area contributed by atoms with E-state index in [9.17, 15) is 13.2 Å². The molecule has 0 aliphatic carbocycles. The molecule has 0 radical (unpaired) electrons. The van der Waals surface area contributed by atoms with E-state index in [0.29, 0.717) is 17.1 Å². The van der Waals surface area contributed by atoms with Crippen LogP contribution in [-0.4, -0.2) is 51.2 Å². The van der Waals surface area contributed by atoms with Crippen LogP contribution in [0.1, 0.15) is 26.7 Å². The maximum atomic E-state index is 12.4.